The zero-order valence-electron chi connectivity index (χ0n) is 10.8. The zero-order valence-corrected chi connectivity index (χ0v) is 13.1. The first-order chi connectivity index (χ1) is 9.12. The molecule has 0 heterocycles. The van der Waals surface area contributed by atoms with Gasteiger partial charge in [0.1, 0.15) is 6.61 Å². The highest BCUT2D eigenvalue weighted by Gasteiger charge is 2.12. The number of benzene rings is 1. The maximum Gasteiger partial charge on any atom is 0.180 e. The van der Waals surface area contributed by atoms with Crippen LogP contribution in [-0.4, -0.2) is 20.3 Å². The van der Waals surface area contributed by atoms with Crippen molar-refractivity contribution in [2.24, 2.45) is 0 Å². The number of hydrogen-bond donors (Lipinski definition) is 1. The molecule has 0 unspecified atom stereocenters. The fourth-order valence-electron chi connectivity index (χ4n) is 1.46. The average Bonchev–Trinajstić information content (AvgIpc) is 2.42. The predicted molar refractivity (Wildman–Crippen MR) is 80.7 cm³/mol. The van der Waals surface area contributed by atoms with E-state index in [-0.39, 0.29) is 6.61 Å². The Hall–Kier alpha value is -0.610. The molecule has 1 aromatic carbocycles. The molecule has 0 aromatic heterocycles. The van der Waals surface area contributed by atoms with Crippen LogP contribution in [0.15, 0.2) is 22.7 Å². The monoisotopic (exact) mass is 323 g/mol. The fourth-order valence-corrected chi connectivity index (χ4v) is 1.86. The zero-order chi connectivity index (χ0) is 14.3. The molecule has 106 valence electrons. The summed E-state index contributed by atoms with van der Waals surface area (Å²) in [5.74, 6) is 1.03. The molecule has 19 heavy (non-hydrogen) atoms. The summed E-state index contributed by atoms with van der Waals surface area (Å²) in [6, 6.07) is 3.71. The minimum atomic E-state index is 0.147. The molecule has 1 rings (SSSR count). The van der Waals surface area contributed by atoms with Crippen LogP contribution in [0, 0.1) is 0 Å². The minimum absolute atomic E-state index is 0.147. The van der Waals surface area contributed by atoms with Crippen LogP contribution in [0.5, 0.6) is 11.5 Å². The molecular formula is C13H16Cl3NO2. The van der Waals surface area contributed by atoms with Gasteiger partial charge in [0.05, 0.1) is 17.2 Å². The lowest BCUT2D eigenvalue weighted by atomic mass is 10.2. The minimum Gasteiger partial charge on any atom is -0.493 e. The Balaban J connectivity index is 2.91. The second-order valence-electron chi connectivity index (χ2n) is 3.73. The van der Waals surface area contributed by atoms with Crippen molar-refractivity contribution in [2.45, 2.75) is 13.5 Å². The summed E-state index contributed by atoms with van der Waals surface area (Å²) in [4.78, 5) is 0. The van der Waals surface area contributed by atoms with Crippen molar-refractivity contribution in [3.05, 3.63) is 33.3 Å². The van der Waals surface area contributed by atoms with Gasteiger partial charge in [0.2, 0.25) is 0 Å². The van der Waals surface area contributed by atoms with E-state index in [1.807, 2.05) is 19.1 Å². The summed E-state index contributed by atoms with van der Waals surface area (Å²) in [6.45, 7) is 3.79. The molecular weight excluding hydrogens is 309 g/mol. The third kappa shape index (κ3) is 5.11. The molecule has 0 saturated heterocycles. The Labute approximate surface area is 128 Å². The quantitative estimate of drug-likeness (QED) is 0.817. The molecule has 0 atom stereocenters. The third-order valence-electron chi connectivity index (χ3n) is 2.34. The largest absolute Gasteiger partial charge is 0.493 e. The first-order valence-corrected chi connectivity index (χ1v) is 6.96. The molecule has 0 spiro atoms. The van der Waals surface area contributed by atoms with E-state index >= 15 is 0 Å². The van der Waals surface area contributed by atoms with Crippen molar-refractivity contribution in [1.82, 2.24) is 5.32 Å². The van der Waals surface area contributed by atoms with Crippen LogP contribution in [-0.2, 0) is 6.54 Å². The molecule has 0 aliphatic rings. The van der Waals surface area contributed by atoms with Gasteiger partial charge in [-0.2, -0.15) is 0 Å². The van der Waals surface area contributed by atoms with E-state index in [0.717, 1.165) is 18.7 Å². The van der Waals surface area contributed by atoms with E-state index in [1.54, 1.807) is 7.11 Å². The molecule has 0 radical (unpaired) electrons. The number of rotatable bonds is 7. The van der Waals surface area contributed by atoms with Crippen molar-refractivity contribution in [1.29, 1.82) is 0 Å². The number of halogens is 3. The van der Waals surface area contributed by atoms with Crippen molar-refractivity contribution in [3.63, 3.8) is 0 Å². The van der Waals surface area contributed by atoms with Crippen LogP contribution in [0.4, 0.5) is 0 Å². The standard InChI is InChI=1S/C13H16Cl3NO2/c1-3-17-7-9-4-11(16)13(12(5-9)18-2)19-8-10(15)6-14/h4-6,17H,3,7-8H2,1-2H3. The highest BCUT2D eigenvalue weighted by molar-refractivity contribution is 6.36. The second kappa shape index (κ2) is 8.54. The van der Waals surface area contributed by atoms with E-state index in [1.165, 1.54) is 5.54 Å². The molecule has 0 saturated carbocycles. The summed E-state index contributed by atoms with van der Waals surface area (Å²) in [5, 5.41) is 4.08. The molecule has 1 N–H and O–H groups in total. The fraction of sp³-hybridized carbons (Fsp3) is 0.385. The second-order valence-corrected chi connectivity index (χ2v) is 4.84. The van der Waals surface area contributed by atoms with Gasteiger partial charge in [0.25, 0.3) is 0 Å². The van der Waals surface area contributed by atoms with Gasteiger partial charge in [-0.3, -0.25) is 0 Å². The number of ether oxygens (including phenoxy) is 2. The van der Waals surface area contributed by atoms with Crippen LogP contribution in [0.2, 0.25) is 5.02 Å². The van der Waals surface area contributed by atoms with Crippen molar-refractivity contribution < 1.29 is 9.47 Å². The van der Waals surface area contributed by atoms with Gasteiger partial charge in [0.15, 0.2) is 11.5 Å². The number of hydrogen-bond acceptors (Lipinski definition) is 3. The smallest absolute Gasteiger partial charge is 0.180 e. The van der Waals surface area contributed by atoms with Gasteiger partial charge in [-0.1, -0.05) is 41.7 Å². The molecule has 0 amide bonds. The SMILES string of the molecule is CCNCc1cc(Cl)c(OCC(Cl)=CCl)c(OC)c1. The Morgan fingerprint density at radius 2 is 2.16 bits per heavy atom. The molecule has 0 aliphatic carbocycles. The Bertz CT molecular complexity index is 450. The van der Waals surface area contributed by atoms with Gasteiger partial charge in [-0.25, -0.2) is 0 Å². The highest BCUT2D eigenvalue weighted by atomic mass is 35.5. The van der Waals surface area contributed by atoms with E-state index in [0.29, 0.717) is 21.6 Å². The maximum absolute atomic E-state index is 6.19. The van der Waals surface area contributed by atoms with Gasteiger partial charge in [0, 0.05) is 12.1 Å². The molecule has 0 bridgehead atoms. The van der Waals surface area contributed by atoms with Gasteiger partial charge in [-0.15, -0.1) is 0 Å². The summed E-state index contributed by atoms with van der Waals surface area (Å²) >= 11 is 17.4. The lowest BCUT2D eigenvalue weighted by Gasteiger charge is -2.14. The third-order valence-corrected chi connectivity index (χ3v) is 3.22. The van der Waals surface area contributed by atoms with E-state index in [2.05, 4.69) is 5.32 Å². The predicted octanol–water partition coefficient (Wildman–Crippen LogP) is 4.16. The lowest BCUT2D eigenvalue weighted by molar-refractivity contribution is 0.324. The number of nitrogens with one attached hydrogen (secondary N) is 1. The highest BCUT2D eigenvalue weighted by Crippen LogP contribution is 2.36. The summed E-state index contributed by atoms with van der Waals surface area (Å²) < 4.78 is 10.8. The summed E-state index contributed by atoms with van der Waals surface area (Å²) in [7, 11) is 1.56. The first-order valence-electron chi connectivity index (χ1n) is 5.77. The average molecular weight is 325 g/mol. The molecule has 6 heteroatoms. The van der Waals surface area contributed by atoms with E-state index in [4.69, 9.17) is 44.3 Å². The Morgan fingerprint density at radius 3 is 2.74 bits per heavy atom. The van der Waals surface area contributed by atoms with Crippen LogP contribution >= 0.6 is 34.8 Å². The maximum atomic E-state index is 6.19. The molecule has 0 fully saturated rings. The van der Waals surface area contributed by atoms with Gasteiger partial charge >= 0.3 is 0 Å². The topological polar surface area (TPSA) is 30.5 Å². The first kappa shape index (κ1) is 16.4. The molecule has 1 aromatic rings. The Morgan fingerprint density at radius 1 is 1.42 bits per heavy atom. The lowest BCUT2D eigenvalue weighted by Crippen LogP contribution is -2.12. The van der Waals surface area contributed by atoms with Crippen LogP contribution in [0.3, 0.4) is 0 Å². The Kier molecular flexibility index (Phi) is 7.39. The van der Waals surface area contributed by atoms with Gasteiger partial charge in [-0.05, 0) is 24.2 Å². The van der Waals surface area contributed by atoms with Gasteiger partial charge < -0.3 is 14.8 Å². The van der Waals surface area contributed by atoms with E-state index in [9.17, 15) is 0 Å². The summed E-state index contributed by atoms with van der Waals surface area (Å²) in [6.07, 6.45) is 0. The van der Waals surface area contributed by atoms with Crippen molar-refractivity contribution >= 4 is 34.8 Å². The van der Waals surface area contributed by atoms with Crippen LogP contribution < -0.4 is 14.8 Å². The van der Waals surface area contributed by atoms with Crippen molar-refractivity contribution in [2.75, 3.05) is 20.3 Å². The van der Waals surface area contributed by atoms with Crippen LogP contribution in [0.1, 0.15) is 12.5 Å². The number of methoxy groups -OCH3 is 1. The normalized spacial score (nSPS) is 11.5. The van der Waals surface area contributed by atoms with E-state index < -0.39 is 0 Å². The summed E-state index contributed by atoms with van der Waals surface area (Å²) in [5.41, 5.74) is 2.27. The van der Waals surface area contributed by atoms with Crippen molar-refractivity contribution in [3.8, 4) is 11.5 Å². The molecule has 0 aliphatic heterocycles. The molecule has 3 nitrogen and oxygen atoms in total. The van der Waals surface area contributed by atoms with Crippen LogP contribution in [0.25, 0.3) is 0 Å².